The molecule has 0 aliphatic carbocycles. The van der Waals surface area contributed by atoms with Crippen molar-refractivity contribution in [3.63, 3.8) is 0 Å². The van der Waals surface area contributed by atoms with E-state index in [0.29, 0.717) is 18.8 Å². The number of piperidine rings is 1. The number of carbonyl (C=O) groups excluding carboxylic acids is 2. The molecule has 2 heterocycles. The van der Waals surface area contributed by atoms with Gasteiger partial charge in [0.2, 0.25) is 5.91 Å². The lowest BCUT2D eigenvalue weighted by atomic mass is 10.0. The van der Waals surface area contributed by atoms with Crippen LogP contribution < -0.4 is 16.4 Å². The molecule has 21 heavy (non-hydrogen) atoms. The van der Waals surface area contributed by atoms with Gasteiger partial charge in [0.15, 0.2) is 0 Å². The van der Waals surface area contributed by atoms with Crippen LogP contribution in [0.2, 0.25) is 0 Å². The molecule has 1 aliphatic heterocycles. The second-order valence-electron chi connectivity index (χ2n) is 5.03. The highest BCUT2D eigenvalue weighted by Gasteiger charge is 2.22. The first-order chi connectivity index (χ1) is 10.1. The number of nitrogens with zero attached hydrogens (tertiary/aromatic N) is 2. The number of aromatic nitrogens is 1. The Hall–Kier alpha value is -1.51. The van der Waals surface area contributed by atoms with Crippen molar-refractivity contribution < 1.29 is 9.59 Å². The molecule has 2 amide bonds. The molecule has 7 nitrogen and oxygen atoms in total. The van der Waals surface area contributed by atoms with Crippen molar-refractivity contribution in [3.05, 3.63) is 16.1 Å². The lowest BCUT2D eigenvalue weighted by Gasteiger charge is -2.31. The minimum Gasteiger partial charge on any atom is -0.358 e. The van der Waals surface area contributed by atoms with E-state index in [9.17, 15) is 9.59 Å². The summed E-state index contributed by atoms with van der Waals surface area (Å²) in [5.74, 6) is -0.120. The fraction of sp³-hybridized carbons (Fsp3) is 0.615. The Morgan fingerprint density at radius 1 is 1.48 bits per heavy atom. The van der Waals surface area contributed by atoms with E-state index in [1.54, 1.807) is 12.4 Å². The molecule has 1 aliphatic rings. The highest BCUT2D eigenvalue weighted by molar-refractivity contribution is 7.09. The fourth-order valence-electron chi connectivity index (χ4n) is 2.29. The Labute approximate surface area is 127 Å². The normalized spacial score (nSPS) is 16.7. The molecule has 1 aromatic heterocycles. The van der Waals surface area contributed by atoms with Gasteiger partial charge < -0.3 is 16.4 Å². The highest BCUT2D eigenvalue weighted by atomic mass is 32.1. The molecule has 1 fully saturated rings. The average molecular weight is 311 g/mol. The van der Waals surface area contributed by atoms with Crippen molar-refractivity contribution in [3.8, 4) is 0 Å². The third-order valence-corrected chi connectivity index (χ3v) is 4.40. The van der Waals surface area contributed by atoms with Crippen LogP contribution in [0.3, 0.4) is 0 Å². The highest BCUT2D eigenvalue weighted by Crippen LogP contribution is 2.12. The molecule has 4 N–H and O–H groups in total. The van der Waals surface area contributed by atoms with Gasteiger partial charge in [-0.15, -0.1) is 11.3 Å². The molecular formula is C13H21N5O2S. The molecule has 8 heteroatoms. The van der Waals surface area contributed by atoms with Gasteiger partial charge in [0.25, 0.3) is 5.91 Å². The molecule has 2 rings (SSSR count). The first kappa shape index (κ1) is 15.9. The number of amides is 2. The van der Waals surface area contributed by atoms with Crippen molar-refractivity contribution in [2.75, 3.05) is 26.7 Å². The van der Waals surface area contributed by atoms with Gasteiger partial charge in [0.1, 0.15) is 10.7 Å². The molecule has 0 saturated carbocycles. The minimum absolute atomic E-state index is 0.0225. The van der Waals surface area contributed by atoms with Gasteiger partial charge in [-0.1, -0.05) is 0 Å². The zero-order valence-corrected chi connectivity index (χ0v) is 12.9. The van der Waals surface area contributed by atoms with Crippen LogP contribution in [0.5, 0.6) is 0 Å². The van der Waals surface area contributed by atoms with E-state index in [2.05, 4.69) is 20.5 Å². The number of thiazole rings is 1. The molecular weight excluding hydrogens is 290 g/mol. The van der Waals surface area contributed by atoms with Gasteiger partial charge in [0, 0.05) is 38.1 Å². The molecule has 1 aromatic rings. The van der Waals surface area contributed by atoms with E-state index in [-0.39, 0.29) is 17.9 Å². The molecule has 0 spiro atoms. The molecule has 0 unspecified atom stereocenters. The topological polar surface area (TPSA) is 100 Å². The van der Waals surface area contributed by atoms with E-state index >= 15 is 0 Å². The number of hydrogen-bond donors (Lipinski definition) is 3. The third-order valence-electron chi connectivity index (χ3n) is 3.53. The molecule has 0 aromatic carbocycles. The summed E-state index contributed by atoms with van der Waals surface area (Å²) < 4.78 is 0. The maximum atomic E-state index is 12.1. The van der Waals surface area contributed by atoms with E-state index < -0.39 is 0 Å². The summed E-state index contributed by atoms with van der Waals surface area (Å²) in [5, 5.41) is 8.11. The maximum Gasteiger partial charge on any atom is 0.270 e. The van der Waals surface area contributed by atoms with E-state index in [4.69, 9.17) is 5.73 Å². The minimum atomic E-state index is -0.143. The number of likely N-dealkylation sites (tertiary alicyclic amines) is 1. The van der Waals surface area contributed by atoms with Gasteiger partial charge in [-0.05, 0) is 12.8 Å². The van der Waals surface area contributed by atoms with Gasteiger partial charge in [-0.25, -0.2) is 4.98 Å². The second-order valence-corrected chi connectivity index (χ2v) is 5.97. The molecule has 116 valence electrons. The van der Waals surface area contributed by atoms with Crippen LogP contribution >= 0.6 is 11.3 Å². The van der Waals surface area contributed by atoms with Crippen molar-refractivity contribution in [2.45, 2.75) is 25.4 Å². The third kappa shape index (κ3) is 4.48. The summed E-state index contributed by atoms with van der Waals surface area (Å²) in [6.07, 6.45) is 1.69. The van der Waals surface area contributed by atoms with E-state index in [1.807, 2.05) is 0 Å². The average Bonchev–Trinajstić information content (AvgIpc) is 2.98. The van der Waals surface area contributed by atoms with E-state index in [1.165, 1.54) is 11.3 Å². The van der Waals surface area contributed by atoms with Crippen LogP contribution in [0.4, 0.5) is 0 Å². The second kappa shape index (κ2) is 7.48. The van der Waals surface area contributed by atoms with Crippen LogP contribution in [-0.2, 0) is 11.3 Å². The van der Waals surface area contributed by atoms with Gasteiger partial charge in [0.05, 0.1) is 6.54 Å². The Bertz CT molecular complexity index is 497. The number of carbonyl (C=O) groups is 2. The van der Waals surface area contributed by atoms with E-state index in [0.717, 1.165) is 30.9 Å². The Kier molecular flexibility index (Phi) is 5.66. The van der Waals surface area contributed by atoms with Crippen molar-refractivity contribution in [1.82, 2.24) is 20.5 Å². The number of likely N-dealkylation sites (N-methyl/N-ethyl adjacent to an activating group) is 1. The molecule has 0 radical (unpaired) electrons. The van der Waals surface area contributed by atoms with Crippen molar-refractivity contribution >= 4 is 23.2 Å². The monoisotopic (exact) mass is 311 g/mol. The van der Waals surface area contributed by atoms with Crippen molar-refractivity contribution in [2.24, 2.45) is 5.73 Å². The number of rotatable bonds is 5. The van der Waals surface area contributed by atoms with Gasteiger partial charge in [-0.2, -0.15) is 0 Å². The van der Waals surface area contributed by atoms with Gasteiger partial charge >= 0.3 is 0 Å². The summed E-state index contributed by atoms with van der Waals surface area (Å²) in [7, 11) is 1.64. The SMILES string of the molecule is CNC(=O)CN1CCC(NC(=O)c2csc(CN)n2)CC1. The summed E-state index contributed by atoms with van der Waals surface area (Å²) in [6, 6.07) is 0.140. The zero-order valence-electron chi connectivity index (χ0n) is 12.1. The first-order valence-electron chi connectivity index (χ1n) is 7.00. The smallest absolute Gasteiger partial charge is 0.270 e. The van der Waals surface area contributed by atoms with Crippen LogP contribution in [0.25, 0.3) is 0 Å². The first-order valence-corrected chi connectivity index (χ1v) is 7.88. The zero-order chi connectivity index (χ0) is 15.2. The predicted octanol–water partition coefficient (Wildman–Crippen LogP) is -0.458. The molecule has 0 bridgehead atoms. The van der Waals surface area contributed by atoms with Crippen molar-refractivity contribution in [1.29, 1.82) is 0 Å². The summed E-state index contributed by atoms with van der Waals surface area (Å²) in [4.78, 5) is 29.6. The van der Waals surface area contributed by atoms with Crippen LogP contribution in [0.1, 0.15) is 28.3 Å². The largest absolute Gasteiger partial charge is 0.358 e. The Morgan fingerprint density at radius 3 is 2.76 bits per heavy atom. The quantitative estimate of drug-likeness (QED) is 0.683. The molecule has 0 atom stereocenters. The number of nitrogens with two attached hydrogens (primary N) is 1. The lowest BCUT2D eigenvalue weighted by molar-refractivity contribution is -0.122. The number of hydrogen-bond acceptors (Lipinski definition) is 6. The summed E-state index contributed by atoms with van der Waals surface area (Å²) in [6.45, 7) is 2.39. The lowest BCUT2D eigenvalue weighted by Crippen LogP contribution is -2.47. The maximum absolute atomic E-state index is 12.1. The molecule has 1 saturated heterocycles. The number of nitrogens with one attached hydrogen (secondary N) is 2. The summed E-state index contributed by atoms with van der Waals surface area (Å²) >= 11 is 1.40. The van der Waals surface area contributed by atoms with Crippen LogP contribution in [0.15, 0.2) is 5.38 Å². The summed E-state index contributed by atoms with van der Waals surface area (Å²) in [5.41, 5.74) is 5.93. The Morgan fingerprint density at radius 2 is 2.19 bits per heavy atom. The van der Waals surface area contributed by atoms with Crippen LogP contribution in [-0.4, -0.2) is 54.4 Å². The predicted molar refractivity (Wildman–Crippen MR) is 81.0 cm³/mol. The van der Waals surface area contributed by atoms with Gasteiger partial charge in [-0.3, -0.25) is 14.5 Å². The van der Waals surface area contributed by atoms with Crippen LogP contribution in [0, 0.1) is 0 Å². The standard InChI is InChI=1S/C13H21N5O2S/c1-15-11(19)7-18-4-2-9(3-5-18)16-13(20)10-8-21-12(6-14)17-10/h8-9H,2-7,14H2,1H3,(H,15,19)(H,16,20). The Balaban J connectivity index is 1.77. The fourth-order valence-corrected chi connectivity index (χ4v) is 2.94.